The summed E-state index contributed by atoms with van der Waals surface area (Å²) in [7, 11) is 0. The Kier molecular flexibility index (Phi) is 2.89. The summed E-state index contributed by atoms with van der Waals surface area (Å²) in [6.45, 7) is 6.53. The number of aromatic nitrogens is 2. The topological polar surface area (TPSA) is 17.8 Å². The van der Waals surface area contributed by atoms with Crippen molar-refractivity contribution >= 4 is 10.9 Å². The predicted octanol–water partition coefficient (Wildman–Crippen LogP) is 4.47. The van der Waals surface area contributed by atoms with E-state index >= 15 is 0 Å². The van der Waals surface area contributed by atoms with E-state index in [4.69, 9.17) is 5.10 Å². The molecule has 0 N–H and O–H groups in total. The van der Waals surface area contributed by atoms with Crippen LogP contribution in [-0.2, 0) is 0 Å². The van der Waals surface area contributed by atoms with Gasteiger partial charge in [0, 0.05) is 5.39 Å². The molecule has 0 bridgehead atoms. The molecule has 96 valence electrons. The van der Waals surface area contributed by atoms with Gasteiger partial charge in [0.25, 0.3) is 0 Å². The second-order valence-corrected chi connectivity index (χ2v) is 5.80. The third-order valence-electron chi connectivity index (χ3n) is 4.24. The van der Waals surface area contributed by atoms with Crippen LogP contribution in [0.25, 0.3) is 10.9 Å². The molecule has 1 saturated carbocycles. The van der Waals surface area contributed by atoms with Crippen molar-refractivity contribution in [1.29, 1.82) is 0 Å². The van der Waals surface area contributed by atoms with E-state index < -0.39 is 0 Å². The molecule has 0 amide bonds. The van der Waals surface area contributed by atoms with Gasteiger partial charge in [0.1, 0.15) is 0 Å². The van der Waals surface area contributed by atoms with Crippen LogP contribution in [0.5, 0.6) is 0 Å². The van der Waals surface area contributed by atoms with E-state index in [0.29, 0.717) is 6.04 Å². The number of hydrogen-bond acceptors (Lipinski definition) is 1. The van der Waals surface area contributed by atoms with Crippen molar-refractivity contribution in [2.75, 3.05) is 0 Å². The monoisotopic (exact) mass is 242 g/mol. The van der Waals surface area contributed by atoms with Crippen LogP contribution in [-0.4, -0.2) is 9.78 Å². The second kappa shape index (κ2) is 4.42. The Bertz CT molecular complexity index is 574. The molecule has 0 radical (unpaired) electrons. The molecule has 0 aliphatic heterocycles. The maximum Gasteiger partial charge on any atom is 0.0717 e. The van der Waals surface area contributed by atoms with Crippen LogP contribution in [0.4, 0.5) is 0 Å². The highest BCUT2D eigenvalue weighted by molar-refractivity contribution is 5.85. The predicted molar refractivity (Wildman–Crippen MR) is 76.1 cm³/mol. The molecule has 1 aromatic heterocycles. The molecule has 2 heteroatoms. The molecule has 2 nitrogen and oxygen atoms in total. The highest BCUT2D eigenvalue weighted by atomic mass is 15.3. The van der Waals surface area contributed by atoms with Crippen LogP contribution in [0.1, 0.15) is 55.0 Å². The molecule has 1 aliphatic rings. The van der Waals surface area contributed by atoms with Crippen LogP contribution >= 0.6 is 0 Å². The zero-order valence-corrected chi connectivity index (χ0v) is 11.7. The number of nitrogens with zero attached hydrogens (tertiary/aromatic N) is 2. The van der Waals surface area contributed by atoms with Crippen molar-refractivity contribution in [2.45, 2.75) is 58.9 Å². The minimum absolute atomic E-state index is 0.622. The van der Waals surface area contributed by atoms with Crippen LogP contribution < -0.4 is 0 Å². The first-order chi connectivity index (χ1) is 8.66. The van der Waals surface area contributed by atoms with Crippen LogP contribution in [0.3, 0.4) is 0 Å². The summed E-state index contributed by atoms with van der Waals surface area (Å²) in [5.74, 6) is 0. The zero-order valence-electron chi connectivity index (χ0n) is 11.7. The maximum atomic E-state index is 4.83. The van der Waals surface area contributed by atoms with Gasteiger partial charge in [0.05, 0.1) is 17.3 Å². The quantitative estimate of drug-likeness (QED) is 0.721. The summed E-state index contributed by atoms with van der Waals surface area (Å²) < 4.78 is 2.32. The van der Waals surface area contributed by atoms with Gasteiger partial charge in [-0.3, -0.25) is 4.68 Å². The largest absolute Gasteiger partial charge is 0.261 e. The van der Waals surface area contributed by atoms with E-state index in [1.165, 1.54) is 59.8 Å². The van der Waals surface area contributed by atoms with Crippen LogP contribution in [0, 0.1) is 20.8 Å². The molecular formula is C16H22N2. The van der Waals surface area contributed by atoms with Crippen molar-refractivity contribution < 1.29 is 0 Å². The van der Waals surface area contributed by atoms with Crippen molar-refractivity contribution in [3.63, 3.8) is 0 Å². The fourth-order valence-electron chi connectivity index (χ4n) is 3.40. The second-order valence-electron chi connectivity index (χ2n) is 5.80. The van der Waals surface area contributed by atoms with Gasteiger partial charge in [-0.05, 0) is 45.2 Å². The van der Waals surface area contributed by atoms with Gasteiger partial charge < -0.3 is 0 Å². The molecule has 2 aromatic rings. The molecule has 3 rings (SSSR count). The highest BCUT2D eigenvalue weighted by Gasteiger charge is 2.20. The van der Waals surface area contributed by atoms with Gasteiger partial charge in [-0.25, -0.2) is 0 Å². The minimum Gasteiger partial charge on any atom is -0.261 e. The Morgan fingerprint density at radius 1 is 1.06 bits per heavy atom. The molecular weight excluding hydrogens is 220 g/mol. The summed E-state index contributed by atoms with van der Waals surface area (Å²) in [5, 5.41) is 6.18. The first-order valence-corrected chi connectivity index (χ1v) is 7.13. The molecule has 0 atom stereocenters. The molecule has 1 aliphatic carbocycles. The average Bonchev–Trinajstić information content (AvgIpc) is 2.68. The van der Waals surface area contributed by atoms with Gasteiger partial charge in [0.2, 0.25) is 0 Å². The van der Waals surface area contributed by atoms with Gasteiger partial charge in [0.15, 0.2) is 0 Å². The number of hydrogen-bond donors (Lipinski definition) is 0. The Hall–Kier alpha value is -1.31. The fourth-order valence-corrected chi connectivity index (χ4v) is 3.40. The summed E-state index contributed by atoms with van der Waals surface area (Å²) in [4.78, 5) is 0. The van der Waals surface area contributed by atoms with Crippen molar-refractivity contribution in [1.82, 2.24) is 9.78 Å². The van der Waals surface area contributed by atoms with E-state index in [-0.39, 0.29) is 0 Å². The SMILES string of the molecule is Cc1cc(C)c2c(c1)c(C)nn2C1CCCCC1. The van der Waals surface area contributed by atoms with Crippen molar-refractivity contribution in [3.05, 3.63) is 29.0 Å². The smallest absolute Gasteiger partial charge is 0.0717 e. The summed E-state index contributed by atoms with van der Waals surface area (Å²) in [5.41, 5.74) is 5.26. The average molecular weight is 242 g/mol. The van der Waals surface area contributed by atoms with E-state index in [9.17, 15) is 0 Å². The molecule has 1 fully saturated rings. The molecule has 1 aromatic carbocycles. The normalized spacial score (nSPS) is 17.5. The van der Waals surface area contributed by atoms with Crippen LogP contribution in [0.15, 0.2) is 12.1 Å². The number of benzene rings is 1. The maximum absolute atomic E-state index is 4.83. The van der Waals surface area contributed by atoms with E-state index in [1.54, 1.807) is 0 Å². The van der Waals surface area contributed by atoms with Gasteiger partial charge in [-0.15, -0.1) is 0 Å². The standard InChI is InChI=1S/C16H22N2/c1-11-9-12(2)16-15(10-11)13(3)17-18(16)14-7-5-4-6-8-14/h9-10,14H,4-8H2,1-3H3. The zero-order chi connectivity index (χ0) is 12.7. The highest BCUT2D eigenvalue weighted by Crippen LogP contribution is 2.33. The van der Waals surface area contributed by atoms with Crippen molar-refractivity contribution in [3.8, 4) is 0 Å². The lowest BCUT2D eigenvalue weighted by Crippen LogP contribution is -2.14. The Morgan fingerprint density at radius 2 is 1.78 bits per heavy atom. The first-order valence-electron chi connectivity index (χ1n) is 7.13. The first kappa shape index (κ1) is 11.8. The van der Waals surface area contributed by atoms with E-state index in [2.05, 4.69) is 37.6 Å². The molecule has 18 heavy (non-hydrogen) atoms. The molecule has 0 saturated heterocycles. The molecule has 0 unspecified atom stereocenters. The van der Waals surface area contributed by atoms with Gasteiger partial charge in [-0.2, -0.15) is 5.10 Å². The summed E-state index contributed by atoms with van der Waals surface area (Å²) in [6.07, 6.45) is 6.70. The number of aryl methyl sites for hydroxylation is 3. The van der Waals surface area contributed by atoms with E-state index in [0.717, 1.165) is 0 Å². The summed E-state index contributed by atoms with van der Waals surface area (Å²) in [6, 6.07) is 5.18. The minimum atomic E-state index is 0.622. The number of rotatable bonds is 1. The molecule has 1 heterocycles. The van der Waals surface area contributed by atoms with E-state index in [1.807, 2.05) is 0 Å². The molecule has 0 spiro atoms. The lowest BCUT2D eigenvalue weighted by atomic mass is 9.95. The Morgan fingerprint density at radius 3 is 2.50 bits per heavy atom. The fraction of sp³-hybridized carbons (Fsp3) is 0.562. The Balaban J connectivity index is 2.17. The third-order valence-corrected chi connectivity index (χ3v) is 4.24. The van der Waals surface area contributed by atoms with Crippen molar-refractivity contribution in [2.24, 2.45) is 0 Å². The van der Waals surface area contributed by atoms with Gasteiger partial charge in [-0.1, -0.05) is 30.9 Å². The van der Waals surface area contributed by atoms with Gasteiger partial charge >= 0.3 is 0 Å². The van der Waals surface area contributed by atoms with Crippen LogP contribution in [0.2, 0.25) is 0 Å². The third kappa shape index (κ3) is 1.84. The lowest BCUT2D eigenvalue weighted by molar-refractivity contribution is 0.336. The number of fused-ring (bicyclic) bond motifs is 1. The summed E-state index contributed by atoms with van der Waals surface area (Å²) >= 11 is 0. The Labute approximate surface area is 109 Å². The lowest BCUT2D eigenvalue weighted by Gasteiger charge is -2.23.